The zero-order valence-corrected chi connectivity index (χ0v) is 23.7. The molecule has 1 aromatic heterocycles. The Labute approximate surface area is 232 Å². The summed E-state index contributed by atoms with van der Waals surface area (Å²) in [5.41, 5.74) is 2.86. The molecule has 4 rings (SSSR count). The number of aromatic nitrogens is 2. The van der Waals surface area contributed by atoms with Crippen molar-refractivity contribution in [2.45, 2.75) is 52.1 Å². The molecule has 2 aromatic carbocycles. The molecular weight excluding hydrogens is 527 g/mol. The van der Waals surface area contributed by atoms with Gasteiger partial charge in [-0.15, -0.1) is 0 Å². The number of piperidine rings is 1. The quantitative estimate of drug-likeness (QED) is 0.369. The van der Waals surface area contributed by atoms with Crippen LogP contribution in [0, 0.1) is 6.92 Å². The fourth-order valence-electron chi connectivity index (χ4n) is 4.55. The molecular formula is C28H32Cl2N4O4. The van der Waals surface area contributed by atoms with Gasteiger partial charge in [0, 0.05) is 29.7 Å². The average molecular weight is 559 g/mol. The summed E-state index contributed by atoms with van der Waals surface area (Å²) in [5, 5.41) is 8.56. The maximum Gasteiger partial charge on any atom is 0.410 e. The molecule has 0 atom stereocenters. The van der Waals surface area contributed by atoms with E-state index in [-0.39, 0.29) is 17.9 Å². The predicted molar refractivity (Wildman–Crippen MR) is 149 cm³/mol. The van der Waals surface area contributed by atoms with E-state index in [1.807, 2.05) is 45.9 Å². The van der Waals surface area contributed by atoms with Crippen LogP contribution in [0.3, 0.4) is 0 Å². The summed E-state index contributed by atoms with van der Waals surface area (Å²) in [4.78, 5) is 27.9. The number of carbonyl (C=O) groups is 2. The van der Waals surface area contributed by atoms with Crippen molar-refractivity contribution in [1.82, 2.24) is 14.7 Å². The summed E-state index contributed by atoms with van der Waals surface area (Å²) in [6.45, 7) is 8.50. The van der Waals surface area contributed by atoms with Crippen molar-refractivity contribution in [1.29, 1.82) is 0 Å². The topological polar surface area (TPSA) is 85.7 Å². The molecule has 38 heavy (non-hydrogen) atoms. The highest BCUT2D eigenvalue weighted by Crippen LogP contribution is 2.35. The molecule has 10 heteroatoms. The van der Waals surface area contributed by atoms with Crippen molar-refractivity contribution in [3.63, 3.8) is 0 Å². The van der Waals surface area contributed by atoms with Gasteiger partial charge in [0.25, 0.3) is 5.91 Å². The van der Waals surface area contributed by atoms with Gasteiger partial charge < -0.3 is 19.7 Å². The van der Waals surface area contributed by atoms with Gasteiger partial charge in [-0.25, -0.2) is 9.48 Å². The van der Waals surface area contributed by atoms with Crippen LogP contribution in [0.2, 0.25) is 10.0 Å². The van der Waals surface area contributed by atoms with E-state index in [2.05, 4.69) is 10.4 Å². The highest BCUT2D eigenvalue weighted by molar-refractivity contribution is 6.32. The Kier molecular flexibility index (Phi) is 8.23. The first-order valence-corrected chi connectivity index (χ1v) is 13.2. The summed E-state index contributed by atoms with van der Waals surface area (Å²) in [6, 6.07) is 10.7. The standard InChI is InChI=1S/C28H32Cl2N4O4/c1-17-21(29)7-6-8-23(17)34-25(18-11-13-33(14-12-18)27(36)38-28(2,3)4)20(16-31-34)26(35)32-19-9-10-24(37-5)22(30)15-19/h6-10,15-16,18H,11-14H2,1-5H3,(H,32,35). The first-order valence-electron chi connectivity index (χ1n) is 12.4. The summed E-state index contributed by atoms with van der Waals surface area (Å²) in [5.74, 6) is 0.197. The van der Waals surface area contributed by atoms with Crippen molar-refractivity contribution in [2.24, 2.45) is 0 Å². The molecule has 8 nitrogen and oxygen atoms in total. The number of hydrogen-bond acceptors (Lipinski definition) is 5. The number of rotatable bonds is 5. The zero-order chi connectivity index (χ0) is 27.6. The van der Waals surface area contributed by atoms with Gasteiger partial charge in [0.15, 0.2) is 0 Å². The number of hydrogen-bond donors (Lipinski definition) is 1. The first-order chi connectivity index (χ1) is 18.0. The molecule has 2 heterocycles. The van der Waals surface area contributed by atoms with Crippen molar-refractivity contribution >= 4 is 40.9 Å². The Balaban J connectivity index is 1.65. The maximum absolute atomic E-state index is 13.5. The van der Waals surface area contributed by atoms with E-state index in [1.54, 1.807) is 34.0 Å². The monoisotopic (exact) mass is 558 g/mol. The summed E-state index contributed by atoms with van der Waals surface area (Å²) >= 11 is 12.7. The normalized spacial score (nSPS) is 14.3. The van der Waals surface area contributed by atoms with E-state index in [0.29, 0.717) is 53.0 Å². The molecule has 0 spiro atoms. The SMILES string of the molecule is COc1ccc(NC(=O)c2cnn(-c3cccc(Cl)c3C)c2C2CCN(C(=O)OC(C)(C)C)CC2)cc1Cl. The minimum absolute atomic E-state index is 0.0187. The van der Waals surface area contributed by atoms with Gasteiger partial charge >= 0.3 is 6.09 Å². The Morgan fingerprint density at radius 1 is 1.08 bits per heavy atom. The molecule has 0 saturated carbocycles. The van der Waals surface area contributed by atoms with Gasteiger partial charge in [0.1, 0.15) is 11.4 Å². The first kappa shape index (κ1) is 27.8. The largest absolute Gasteiger partial charge is 0.495 e. The third-order valence-corrected chi connectivity index (χ3v) is 7.17. The number of halogens is 2. The van der Waals surface area contributed by atoms with Crippen molar-refractivity contribution in [2.75, 3.05) is 25.5 Å². The van der Waals surface area contributed by atoms with Crippen molar-refractivity contribution < 1.29 is 19.1 Å². The van der Waals surface area contributed by atoms with Crippen LogP contribution < -0.4 is 10.1 Å². The maximum atomic E-state index is 13.5. The van der Waals surface area contributed by atoms with E-state index in [1.165, 1.54) is 7.11 Å². The fourth-order valence-corrected chi connectivity index (χ4v) is 4.97. The molecule has 1 saturated heterocycles. The molecule has 0 radical (unpaired) electrons. The Hall–Kier alpha value is -3.23. The average Bonchev–Trinajstić information content (AvgIpc) is 3.30. The molecule has 0 aliphatic carbocycles. The lowest BCUT2D eigenvalue weighted by Crippen LogP contribution is -2.41. The van der Waals surface area contributed by atoms with Crippen molar-refractivity contribution in [3.8, 4) is 11.4 Å². The number of methoxy groups -OCH3 is 1. The van der Waals surface area contributed by atoms with Crippen LogP contribution in [0.5, 0.6) is 5.75 Å². The lowest BCUT2D eigenvalue weighted by Gasteiger charge is -2.34. The molecule has 1 aliphatic rings. The molecule has 2 amide bonds. The van der Waals surface area contributed by atoms with E-state index in [4.69, 9.17) is 32.7 Å². The van der Waals surface area contributed by atoms with Gasteiger partial charge in [-0.3, -0.25) is 4.79 Å². The zero-order valence-electron chi connectivity index (χ0n) is 22.2. The second kappa shape index (κ2) is 11.3. The van der Waals surface area contributed by atoms with Gasteiger partial charge in [-0.05, 0) is 76.4 Å². The fraction of sp³-hybridized carbons (Fsp3) is 0.393. The van der Waals surface area contributed by atoms with Crippen LogP contribution in [0.1, 0.15) is 61.1 Å². The Morgan fingerprint density at radius 2 is 1.79 bits per heavy atom. The van der Waals surface area contributed by atoms with Crippen LogP contribution in [0.25, 0.3) is 5.69 Å². The second-order valence-electron chi connectivity index (χ2n) is 10.3. The number of nitrogens with one attached hydrogen (secondary N) is 1. The number of amides is 2. The van der Waals surface area contributed by atoms with Gasteiger partial charge in [0.2, 0.25) is 0 Å². The van der Waals surface area contributed by atoms with Crippen molar-refractivity contribution in [3.05, 3.63) is 69.5 Å². The van der Waals surface area contributed by atoms with E-state index < -0.39 is 5.60 Å². The molecule has 0 unspecified atom stereocenters. The number of carbonyl (C=O) groups excluding carboxylic acids is 2. The molecule has 202 valence electrons. The summed E-state index contributed by atoms with van der Waals surface area (Å²) in [6.07, 6.45) is 2.55. The number of benzene rings is 2. The van der Waals surface area contributed by atoms with Gasteiger partial charge in [0.05, 0.1) is 35.3 Å². The Morgan fingerprint density at radius 3 is 2.42 bits per heavy atom. The van der Waals surface area contributed by atoms with Crippen LogP contribution >= 0.6 is 23.2 Å². The van der Waals surface area contributed by atoms with Crippen LogP contribution in [0.15, 0.2) is 42.6 Å². The highest BCUT2D eigenvalue weighted by atomic mass is 35.5. The number of likely N-dealkylation sites (tertiary alicyclic amines) is 1. The molecule has 1 aliphatic heterocycles. The van der Waals surface area contributed by atoms with Crippen LogP contribution in [0.4, 0.5) is 10.5 Å². The molecule has 3 aromatic rings. The number of nitrogens with zero attached hydrogens (tertiary/aromatic N) is 3. The third-order valence-electron chi connectivity index (χ3n) is 6.46. The number of ether oxygens (including phenoxy) is 2. The smallest absolute Gasteiger partial charge is 0.410 e. The summed E-state index contributed by atoms with van der Waals surface area (Å²) < 4.78 is 12.6. The number of anilines is 1. The summed E-state index contributed by atoms with van der Waals surface area (Å²) in [7, 11) is 1.53. The van der Waals surface area contributed by atoms with E-state index in [9.17, 15) is 9.59 Å². The minimum atomic E-state index is -0.563. The minimum Gasteiger partial charge on any atom is -0.495 e. The Bertz CT molecular complexity index is 1340. The van der Waals surface area contributed by atoms with Crippen LogP contribution in [-0.4, -0.2) is 52.5 Å². The van der Waals surface area contributed by atoms with Crippen LogP contribution in [-0.2, 0) is 4.74 Å². The highest BCUT2D eigenvalue weighted by Gasteiger charge is 2.32. The lowest BCUT2D eigenvalue weighted by molar-refractivity contribution is 0.0203. The van der Waals surface area contributed by atoms with E-state index in [0.717, 1.165) is 16.9 Å². The van der Waals surface area contributed by atoms with Gasteiger partial charge in [-0.1, -0.05) is 29.3 Å². The van der Waals surface area contributed by atoms with E-state index >= 15 is 0 Å². The molecule has 1 fully saturated rings. The molecule has 1 N–H and O–H groups in total. The lowest BCUT2D eigenvalue weighted by atomic mass is 9.90. The van der Waals surface area contributed by atoms with Gasteiger partial charge in [-0.2, -0.15) is 5.10 Å². The molecule has 0 bridgehead atoms. The predicted octanol–water partition coefficient (Wildman–Crippen LogP) is 6.86. The third kappa shape index (κ3) is 6.08. The second-order valence-corrected chi connectivity index (χ2v) is 11.1.